The first-order valence-corrected chi connectivity index (χ1v) is 7.70. The van der Waals surface area contributed by atoms with Gasteiger partial charge in [0, 0.05) is 25.5 Å². The monoisotopic (exact) mass is 293 g/mol. The van der Waals surface area contributed by atoms with Crippen LogP contribution in [0.1, 0.15) is 23.9 Å². The number of nitrogens with zero attached hydrogens (tertiary/aromatic N) is 2. The summed E-state index contributed by atoms with van der Waals surface area (Å²) in [5, 5.41) is 15.6. The fraction of sp³-hybridized carbons (Fsp3) is 0.278. The Hall–Kier alpha value is -2.17. The van der Waals surface area contributed by atoms with E-state index in [-0.39, 0.29) is 12.1 Å². The molecule has 1 aromatic heterocycles. The van der Waals surface area contributed by atoms with E-state index in [1.807, 2.05) is 12.4 Å². The van der Waals surface area contributed by atoms with Gasteiger partial charge in [-0.1, -0.05) is 36.4 Å². The van der Waals surface area contributed by atoms with Gasteiger partial charge < -0.3 is 15.0 Å². The van der Waals surface area contributed by atoms with Gasteiger partial charge in [0.2, 0.25) is 0 Å². The van der Waals surface area contributed by atoms with Crippen LogP contribution in [0.3, 0.4) is 0 Å². The second-order valence-corrected chi connectivity index (χ2v) is 5.95. The average molecular weight is 293 g/mol. The van der Waals surface area contributed by atoms with Crippen LogP contribution in [0, 0.1) is 0 Å². The number of hydrogen-bond acceptors (Lipinski definition) is 3. The largest absolute Gasteiger partial charge is 0.392 e. The highest BCUT2D eigenvalue weighted by molar-refractivity contribution is 5.82. The average Bonchev–Trinajstić information content (AvgIpc) is 3.16. The predicted octanol–water partition coefficient (Wildman–Crippen LogP) is 2.48. The topological polar surface area (TPSA) is 50.1 Å². The Kier molecular flexibility index (Phi) is 3.41. The first-order chi connectivity index (χ1) is 10.8. The maximum absolute atomic E-state index is 9.70. The zero-order valence-electron chi connectivity index (χ0n) is 12.3. The highest BCUT2D eigenvalue weighted by atomic mass is 16.3. The molecular formula is C18H19N3O. The summed E-state index contributed by atoms with van der Waals surface area (Å²) in [5.41, 5.74) is 1.26. The van der Waals surface area contributed by atoms with Crippen LogP contribution in [-0.2, 0) is 6.54 Å². The minimum absolute atomic E-state index is 0.144. The summed E-state index contributed by atoms with van der Waals surface area (Å²) in [6.07, 6.45) is 4.31. The Morgan fingerprint density at radius 3 is 2.86 bits per heavy atom. The third kappa shape index (κ3) is 2.51. The van der Waals surface area contributed by atoms with Gasteiger partial charge in [0.1, 0.15) is 5.82 Å². The van der Waals surface area contributed by atoms with Crippen LogP contribution in [-0.4, -0.2) is 27.3 Å². The van der Waals surface area contributed by atoms with E-state index in [0.29, 0.717) is 6.54 Å². The number of fused-ring (bicyclic) bond motifs is 1. The molecule has 1 aliphatic heterocycles. The van der Waals surface area contributed by atoms with Crippen LogP contribution >= 0.6 is 0 Å². The molecule has 3 aromatic rings. The molecule has 0 radical (unpaired) electrons. The Morgan fingerprint density at radius 2 is 2.05 bits per heavy atom. The molecule has 1 fully saturated rings. The summed E-state index contributed by atoms with van der Waals surface area (Å²) in [4.78, 5) is 4.48. The number of benzene rings is 2. The molecule has 2 atom stereocenters. The molecule has 22 heavy (non-hydrogen) atoms. The van der Waals surface area contributed by atoms with Gasteiger partial charge in [-0.25, -0.2) is 4.98 Å². The summed E-state index contributed by atoms with van der Waals surface area (Å²) in [6, 6.07) is 15.1. The summed E-state index contributed by atoms with van der Waals surface area (Å²) >= 11 is 0. The van der Waals surface area contributed by atoms with Gasteiger partial charge in [0.05, 0.1) is 12.1 Å². The molecule has 0 amide bonds. The molecule has 2 heterocycles. The molecule has 0 saturated carbocycles. The zero-order valence-corrected chi connectivity index (χ0v) is 12.3. The number of β-amino-alcohol motifs (C(OH)–C–C–N with tert-alkyl or cyclic N) is 1. The fourth-order valence-electron chi connectivity index (χ4n) is 3.21. The smallest absolute Gasteiger partial charge is 0.126 e. The first kappa shape index (κ1) is 13.5. The van der Waals surface area contributed by atoms with Crippen LogP contribution in [0.4, 0.5) is 0 Å². The molecule has 112 valence electrons. The number of imidazole rings is 1. The zero-order chi connectivity index (χ0) is 14.9. The SMILES string of the molecule is O[C@H]1CN[C@H](c2nccn2Cc2ccc3ccccc3c2)C1. The van der Waals surface area contributed by atoms with E-state index in [9.17, 15) is 5.11 Å². The lowest BCUT2D eigenvalue weighted by molar-refractivity contribution is 0.193. The minimum atomic E-state index is -0.268. The van der Waals surface area contributed by atoms with Gasteiger partial charge in [-0.3, -0.25) is 0 Å². The Bertz CT molecular complexity index is 796. The number of aliphatic hydroxyl groups excluding tert-OH is 1. The number of aromatic nitrogens is 2. The third-order valence-corrected chi connectivity index (χ3v) is 4.33. The molecule has 0 bridgehead atoms. The van der Waals surface area contributed by atoms with Crippen molar-refractivity contribution in [3.8, 4) is 0 Å². The summed E-state index contributed by atoms with van der Waals surface area (Å²) in [6.45, 7) is 1.45. The minimum Gasteiger partial charge on any atom is -0.392 e. The van der Waals surface area contributed by atoms with Crippen LogP contribution in [0.2, 0.25) is 0 Å². The lowest BCUT2D eigenvalue weighted by Gasteiger charge is -2.13. The Labute approximate surface area is 129 Å². The molecule has 0 aliphatic carbocycles. The van der Waals surface area contributed by atoms with E-state index in [4.69, 9.17) is 0 Å². The standard InChI is InChI=1S/C18H19N3O/c22-16-10-17(20-11-16)18-19-7-8-21(18)12-13-5-6-14-3-1-2-4-15(14)9-13/h1-9,16-17,20,22H,10-12H2/t16-,17+/m1/s1. The second kappa shape index (κ2) is 5.55. The lowest BCUT2D eigenvalue weighted by atomic mass is 10.1. The molecule has 2 aromatic carbocycles. The van der Waals surface area contributed by atoms with Crippen molar-refractivity contribution in [2.24, 2.45) is 0 Å². The van der Waals surface area contributed by atoms with Crippen molar-refractivity contribution in [3.05, 3.63) is 66.2 Å². The van der Waals surface area contributed by atoms with E-state index in [1.165, 1.54) is 16.3 Å². The van der Waals surface area contributed by atoms with Crippen molar-refractivity contribution in [3.63, 3.8) is 0 Å². The molecular weight excluding hydrogens is 274 g/mol. The van der Waals surface area contributed by atoms with Crippen LogP contribution in [0.5, 0.6) is 0 Å². The van der Waals surface area contributed by atoms with Gasteiger partial charge in [-0.2, -0.15) is 0 Å². The Balaban J connectivity index is 1.61. The van der Waals surface area contributed by atoms with Gasteiger partial charge in [-0.15, -0.1) is 0 Å². The van der Waals surface area contributed by atoms with E-state index in [1.54, 1.807) is 0 Å². The summed E-state index contributed by atoms with van der Waals surface area (Å²) < 4.78 is 2.17. The first-order valence-electron chi connectivity index (χ1n) is 7.70. The fourth-order valence-corrected chi connectivity index (χ4v) is 3.21. The molecule has 2 N–H and O–H groups in total. The molecule has 4 nitrogen and oxygen atoms in total. The van der Waals surface area contributed by atoms with Crippen molar-refractivity contribution in [1.82, 2.24) is 14.9 Å². The maximum atomic E-state index is 9.70. The summed E-state index contributed by atoms with van der Waals surface area (Å²) in [5.74, 6) is 1.00. The number of hydrogen-bond donors (Lipinski definition) is 2. The van der Waals surface area contributed by atoms with E-state index in [0.717, 1.165) is 18.8 Å². The van der Waals surface area contributed by atoms with Crippen LogP contribution in [0.25, 0.3) is 10.8 Å². The molecule has 1 saturated heterocycles. The van der Waals surface area contributed by atoms with Crippen molar-refractivity contribution in [1.29, 1.82) is 0 Å². The number of rotatable bonds is 3. The van der Waals surface area contributed by atoms with Gasteiger partial charge in [0.15, 0.2) is 0 Å². The predicted molar refractivity (Wildman–Crippen MR) is 86.6 cm³/mol. The molecule has 4 rings (SSSR count). The van der Waals surface area contributed by atoms with Crippen molar-refractivity contribution >= 4 is 10.8 Å². The molecule has 4 heteroatoms. The Morgan fingerprint density at radius 1 is 1.18 bits per heavy atom. The van der Waals surface area contributed by atoms with E-state index >= 15 is 0 Å². The number of nitrogens with one attached hydrogen (secondary N) is 1. The highest BCUT2D eigenvalue weighted by Gasteiger charge is 2.26. The lowest BCUT2D eigenvalue weighted by Crippen LogP contribution is -2.18. The summed E-state index contributed by atoms with van der Waals surface area (Å²) in [7, 11) is 0. The number of aliphatic hydroxyl groups is 1. The quantitative estimate of drug-likeness (QED) is 0.780. The maximum Gasteiger partial charge on any atom is 0.126 e. The van der Waals surface area contributed by atoms with Gasteiger partial charge >= 0.3 is 0 Å². The van der Waals surface area contributed by atoms with E-state index < -0.39 is 0 Å². The second-order valence-electron chi connectivity index (χ2n) is 5.95. The van der Waals surface area contributed by atoms with Gasteiger partial charge in [-0.05, 0) is 28.8 Å². The van der Waals surface area contributed by atoms with Crippen molar-refractivity contribution < 1.29 is 5.11 Å². The van der Waals surface area contributed by atoms with Gasteiger partial charge in [0.25, 0.3) is 0 Å². The molecule has 0 unspecified atom stereocenters. The van der Waals surface area contributed by atoms with Crippen LogP contribution in [0.15, 0.2) is 54.9 Å². The van der Waals surface area contributed by atoms with E-state index in [2.05, 4.69) is 57.3 Å². The van der Waals surface area contributed by atoms with Crippen molar-refractivity contribution in [2.75, 3.05) is 6.54 Å². The normalized spacial score (nSPS) is 21.5. The van der Waals surface area contributed by atoms with Crippen molar-refractivity contribution in [2.45, 2.75) is 25.1 Å². The molecule has 1 aliphatic rings. The third-order valence-electron chi connectivity index (χ3n) is 4.33. The van der Waals surface area contributed by atoms with Crippen LogP contribution < -0.4 is 5.32 Å². The highest BCUT2D eigenvalue weighted by Crippen LogP contribution is 2.23. The molecule has 0 spiro atoms.